The summed E-state index contributed by atoms with van der Waals surface area (Å²) >= 11 is 0. The van der Waals surface area contributed by atoms with Gasteiger partial charge in [0, 0.05) is 18.3 Å². The van der Waals surface area contributed by atoms with Crippen molar-refractivity contribution in [1.82, 2.24) is 4.98 Å². The number of anilines is 1. The molecule has 20 heavy (non-hydrogen) atoms. The summed E-state index contributed by atoms with van der Waals surface area (Å²) in [6, 6.07) is 3.72. The lowest BCUT2D eigenvalue weighted by Gasteiger charge is -2.29. The summed E-state index contributed by atoms with van der Waals surface area (Å²) in [6.45, 7) is 9.32. The predicted octanol–water partition coefficient (Wildman–Crippen LogP) is 3.53. The molecule has 1 aromatic heterocycles. The Kier molecular flexibility index (Phi) is 4.31. The Bertz CT molecular complexity index is 493. The minimum atomic E-state index is -0.884. The molecule has 1 fully saturated rings. The number of carboxylic acids is 1. The minimum Gasteiger partial charge on any atom is -0.478 e. The van der Waals surface area contributed by atoms with Crippen LogP contribution in [0.1, 0.15) is 62.5 Å². The molecule has 0 aromatic carbocycles. The molecule has 1 saturated carbocycles. The van der Waals surface area contributed by atoms with Crippen LogP contribution in [0, 0.1) is 5.92 Å². The molecule has 0 amide bonds. The standard InChI is InChI=1S/C16H24N2O2/c1-10(2)14-7-13(16(19)20)8-15(17-14)18(11(3)4)9-12-5-6-12/h7-8,10-12H,5-6,9H2,1-4H3,(H,19,20). The Labute approximate surface area is 120 Å². The number of nitrogens with zero attached hydrogens (tertiary/aromatic N) is 2. The fraction of sp³-hybridized carbons (Fsp3) is 0.625. The zero-order valence-electron chi connectivity index (χ0n) is 12.8. The van der Waals surface area contributed by atoms with Gasteiger partial charge in [0.15, 0.2) is 0 Å². The Balaban J connectivity index is 2.38. The quantitative estimate of drug-likeness (QED) is 0.863. The number of hydrogen-bond acceptors (Lipinski definition) is 3. The van der Waals surface area contributed by atoms with Gasteiger partial charge in [-0.15, -0.1) is 0 Å². The number of aromatic carboxylic acids is 1. The highest BCUT2D eigenvalue weighted by molar-refractivity contribution is 5.88. The van der Waals surface area contributed by atoms with Crippen LogP contribution in [0.25, 0.3) is 0 Å². The number of aromatic nitrogens is 1. The number of pyridine rings is 1. The maximum atomic E-state index is 11.3. The van der Waals surface area contributed by atoms with Crippen molar-refractivity contribution in [3.63, 3.8) is 0 Å². The Morgan fingerprint density at radius 2 is 2.00 bits per heavy atom. The van der Waals surface area contributed by atoms with Gasteiger partial charge >= 0.3 is 5.97 Å². The largest absolute Gasteiger partial charge is 0.478 e. The first-order chi connectivity index (χ1) is 9.38. The van der Waals surface area contributed by atoms with E-state index in [2.05, 4.69) is 23.7 Å². The van der Waals surface area contributed by atoms with Crippen molar-refractivity contribution in [1.29, 1.82) is 0 Å². The van der Waals surface area contributed by atoms with Crippen LogP contribution in [0.4, 0.5) is 5.82 Å². The van der Waals surface area contributed by atoms with E-state index in [1.807, 2.05) is 13.8 Å². The zero-order valence-corrected chi connectivity index (χ0v) is 12.8. The van der Waals surface area contributed by atoms with Crippen LogP contribution in [0.3, 0.4) is 0 Å². The van der Waals surface area contributed by atoms with Crippen molar-refractivity contribution in [3.05, 3.63) is 23.4 Å². The van der Waals surface area contributed by atoms with Gasteiger partial charge in [0.2, 0.25) is 0 Å². The van der Waals surface area contributed by atoms with Crippen LogP contribution < -0.4 is 4.90 Å². The molecule has 0 aliphatic heterocycles. The summed E-state index contributed by atoms with van der Waals surface area (Å²) in [5.74, 6) is 0.888. The molecule has 0 unspecified atom stereocenters. The predicted molar refractivity (Wildman–Crippen MR) is 80.5 cm³/mol. The van der Waals surface area contributed by atoms with Crippen molar-refractivity contribution in [2.24, 2.45) is 5.92 Å². The van der Waals surface area contributed by atoms with E-state index < -0.39 is 5.97 Å². The molecule has 2 rings (SSSR count). The van der Waals surface area contributed by atoms with Crippen LogP contribution in [0.15, 0.2) is 12.1 Å². The molecule has 0 saturated heterocycles. The second-order valence-corrected chi connectivity index (χ2v) is 6.29. The monoisotopic (exact) mass is 276 g/mol. The van der Waals surface area contributed by atoms with Gasteiger partial charge in [-0.1, -0.05) is 13.8 Å². The third kappa shape index (κ3) is 3.50. The number of carbonyl (C=O) groups is 1. The zero-order chi connectivity index (χ0) is 14.9. The van der Waals surface area contributed by atoms with Gasteiger partial charge in [-0.25, -0.2) is 9.78 Å². The number of carboxylic acid groups (broad SMARTS) is 1. The molecule has 1 aliphatic rings. The van der Waals surface area contributed by atoms with Gasteiger partial charge in [-0.3, -0.25) is 0 Å². The average molecular weight is 276 g/mol. The van der Waals surface area contributed by atoms with Gasteiger partial charge in [-0.2, -0.15) is 0 Å². The smallest absolute Gasteiger partial charge is 0.335 e. The molecule has 1 heterocycles. The van der Waals surface area contributed by atoms with Gasteiger partial charge in [0.25, 0.3) is 0 Å². The van der Waals surface area contributed by atoms with Crippen molar-refractivity contribution in [2.75, 3.05) is 11.4 Å². The Morgan fingerprint density at radius 3 is 2.45 bits per heavy atom. The maximum absolute atomic E-state index is 11.3. The minimum absolute atomic E-state index is 0.225. The summed E-state index contributed by atoms with van der Waals surface area (Å²) in [7, 11) is 0. The van der Waals surface area contributed by atoms with E-state index in [4.69, 9.17) is 0 Å². The lowest BCUT2D eigenvalue weighted by molar-refractivity contribution is 0.0696. The van der Waals surface area contributed by atoms with Crippen LogP contribution in [-0.4, -0.2) is 28.6 Å². The molecule has 1 aromatic rings. The van der Waals surface area contributed by atoms with Crippen LogP contribution in [0.2, 0.25) is 0 Å². The summed E-state index contributed by atoms with van der Waals surface area (Å²) in [4.78, 5) is 18.2. The fourth-order valence-corrected chi connectivity index (χ4v) is 2.25. The molecule has 110 valence electrons. The van der Waals surface area contributed by atoms with E-state index in [-0.39, 0.29) is 5.92 Å². The van der Waals surface area contributed by atoms with Crippen LogP contribution in [-0.2, 0) is 0 Å². The summed E-state index contributed by atoms with van der Waals surface area (Å²) in [5, 5.41) is 9.28. The lowest BCUT2D eigenvalue weighted by Crippen LogP contribution is -2.33. The highest BCUT2D eigenvalue weighted by Crippen LogP contribution is 2.32. The highest BCUT2D eigenvalue weighted by Gasteiger charge is 2.27. The van der Waals surface area contributed by atoms with Crippen molar-refractivity contribution < 1.29 is 9.90 Å². The van der Waals surface area contributed by atoms with E-state index in [0.29, 0.717) is 11.6 Å². The van der Waals surface area contributed by atoms with Crippen molar-refractivity contribution in [3.8, 4) is 0 Å². The molecule has 1 N–H and O–H groups in total. The maximum Gasteiger partial charge on any atom is 0.335 e. The normalized spacial score (nSPS) is 14.9. The highest BCUT2D eigenvalue weighted by atomic mass is 16.4. The first kappa shape index (κ1) is 14.8. The third-order valence-corrected chi connectivity index (χ3v) is 3.74. The molecular formula is C16H24N2O2. The molecule has 0 spiro atoms. The third-order valence-electron chi connectivity index (χ3n) is 3.74. The van der Waals surface area contributed by atoms with E-state index in [9.17, 15) is 9.90 Å². The van der Waals surface area contributed by atoms with Crippen LogP contribution >= 0.6 is 0 Å². The topological polar surface area (TPSA) is 53.4 Å². The van der Waals surface area contributed by atoms with E-state index in [1.54, 1.807) is 12.1 Å². The fourth-order valence-electron chi connectivity index (χ4n) is 2.25. The Morgan fingerprint density at radius 1 is 1.35 bits per heavy atom. The summed E-state index contributed by atoms with van der Waals surface area (Å²) < 4.78 is 0. The molecule has 1 aliphatic carbocycles. The lowest BCUT2D eigenvalue weighted by atomic mass is 10.1. The van der Waals surface area contributed by atoms with E-state index >= 15 is 0 Å². The SMILES string of the molecule is CC(C)c1cc(C(=O)O)cc(N(CC2CC2)C(C)C)n1. The molecule has 0 atom stereocenters. The summed E-state index contributed by atoms with van der Waals surface area (Å²) in [6.07, 6.45) is 2.55. The van der Waals surface area contributed by atoms with Crippen molar-refractivity contribution >= 4 is 11.8 Å². The number of hydrogen-bond donors (Lipinski definition) is 1. The summed E-state index contributed by atoms with van der Waals surface area (Å²) in [5.41, 5.74) is 1.18. The Hall–Kier alpha value is -1.58. The van der Waals surface area contributed by atoms with Gasteiger partial charge in [-0.05, 0) is 50.7 Å². The second kappa shape index (κ2) is 5.81. The van der Waals surface area contributed by atoms with E-state index in [1.165, 1.54) is 12.8 Å². The first-order valence-corrected chi connectivity index (χ1v) is 7.40. The molecule has 0 bridgehead atoms. The van der Waals surface area contributed by atoms with Gasteiger partial charge < -0.3 is 10.0 Å². The van der Waals surface area contributed by atoms with E-state index in [0.717, 1.165) is 24.0 Å². The second-order valence-electron chi connectivity index (χ2n) is 6.29. The van der Waals surface area contributed by atoms with Gasteiger partial charge in [0.05, 0.1) is 5.56 Å². The average Bonchev–Trinajstić information content (AvgIpc) is 3.18. The molecule has 0 radical (unpaired) electrons. The number of rotatable bonds is 6. The van der Waals surface area contributed by atoms with Gasteiger partial charge in [0.1, 0.15) is 5.82 Å². The molecule has 4 heteroatoms. The van der Waals surface area contributed by atoms with Crippen LogP contribution in [0.5, 0.6) is 0 Å². The first-order valence-electron chi connectivity index (χ1n) is 7.40. The molecule has 4 nitrogen and oxygen atoms in total. The molecular weight excluding hydrogens is 252 g/mol. The van der Waals surface area contributed by atoms with Crippen molar-refractivity contribution in [2.45, 2.75) is 52.5 Å².